The van der Waals surface area contributed by atoms with Crippen LogP contribution in [0.15, 0.2) is 12.3 Å². The van der Waals surface area contributed by atoms with Crippen LogP contribution in [0.25, 0.3) is 0 Å². The maximum absolute atomic E-state index is 4.38. The van der Waals surface area contributed by atoms with Gasteiger partial charge in [0.05, 0.1) is 0 Å². The Labute approximate surface area is 97.7 Å². The van der Waals surface area contributed by atoms with E-state index < -0.39 is 0 Å². The van der Waals surface area contributed by atoms with E-state index in [1.165, 1.54) is 25.7 Å². The Balaban J connectivity index is 1.92. The molecule has 1 N–H and O–H groups in total. The van der Waals surface area contributed by atoms with Crippen molar-refractivity contribution in [3.05, 3.63) is 18.1 Å². The zero-order valence-corrected chi connectivity index (χ0v) is 10.5. The molecule has 1 saturated carbocycles. The largest absolute Gasteiger partial charge is 0.367 e. The Bertz CT molecular complexity index is 350. The number of aryl methyl sites for hydroxylation is 1. The first-order valence-corrected chi connectivity index (χ1v) is 6.11. The molecule has 1 aromatic heterocycles. The summed E-state index contributed by atoms with van der Waals surface area (Å²) in [6.07, 6.45) is 6.91. The number of anilines is 1. The van der Waals surface area contributed by atoms with Gasteiger partial charge in [-0.3, -0.25) is 0 Å². The van der Waals surface area contributed by atoms with Gasteiger partial charge >= 0.3 is 0 Å². The fourth-order valence-electron chi connectivity index (χ4n) is 2.29. The van der Waals surface area contributed by atoms with Crippen LogP contribution in [0.3, 0.4) is 0 Å². The lowest BCUT2D eigenvalue weighted by Crippen LogP contribution is -2.30. The number of nitrogens with one attached hydrogen (secondary N) is 1. The molecule has 3 nitrogen and oxygen atoms in total. The van der Waals surface area contributed by atoms with Gasteiger partial charge in [0.25, 0.3) is 0 Å². The molecule has 0 amide bonds. The van der Waals surface area contributed by atoms with E-state index in [1.807, 2.05) is 19.2 Å². The van der Waals surface area contributed by atoms with Crippen LogP contribution in [0.1, 0.15) is 45.4 Å². The van der Waals surface area contributed by atoms with E-state index >= 15 is 0 Å². The van der Waals surface area contributed by atoms with E-state index in [9.17, 15) is 0 Å². The minimum Gasteiger partial charge on any atom is -0.367 e. The van der Waals surface area contributed by atoms with E-state index in [-0.39, 0.29) is 0 Å². The molecule has 0 radical (unpaired) electrons. The molecule has 0 bridgehead atoms. The molecule has 88 valence electrons. The fourth-order valence-corrected chi connectivity index (χ4v) is 2.29. The van der Waals surface area contributed by atoms with Crippen LogP contribution in [0.5, 0.6) is 0 Å². The lowest BCUT2D eigenvalue weighted by molar-refractivity contribution is 0.232. The maximum Gasteiger partial charge on any atom is 0.129 e. The van der Waals surface area contributed by atoms with Crippen molar-refractivity contribution in [1.82, 2.24) is 9.97 Å². The van der Waals surface area contributed by atoms with Gasteiger partial charge in [0.2, 0.25) is 0 Å². The molecule has 0 unspecified atom stereocenters. The normalized spacial score (nSPS) is 20.7. The summed E-state index contributed by atoms with van der Waals surface area (Å²) >= 11 is 0. The van der Waals surface area contributed by atoms with Gasteiger partial charge in [-0.15, -0.1) is 0 Å². The maximum atomic E-state index is 4.38. The van der Waals surface area contributed by atoms with Crippen LogP contribution in [-0.2, 0) is 0 Å². The van der Waals surface area contributed by atoms with Gasteiger partial charge in [0.1, 0.15) is 11.6 Å². The van der Waals surface area contributed by atoms with Crippen molar-refractivity contribution in [3.63, 3.8) is 0 Å². The highest BCUT2D eigenvalue weighted by Crippen LogP contribution is 2.35. The van der Waals surface area contributed by atoms with Crippen molar-refractivity contribution in [2.75, 3.05) is 5.32 Å². The molecule has 0 aromatic carbocycles. The van der Waals surface area contributed by atoms with Gasteiger partial charge in [0.15, 0.2) is 0 Å². The Morgan fingerprint density at radius 3 is 2.62 bits per heavy atom. The smallest absolute Gasteiger partial charge is 0.129 e. The second-order valence-corrected chi connectivity index (χ2v) is 5.57. The van der Waals surface area contributed by atoms with Crippen molar-refractivity contribution in [1.29, 1.82) is 0 Å². The standard InChI is InChI=1S/C13H21N3/c1-10-14-9-6-12(15-10)16-11-4-7-13(2,3)8-5-11/h6,9,11H,4-5,7-8H2,1-3H3,(H,14,15,16). The Morgan fingerprint density at radius 1 is 1.31 bits per heavy atom. The summed E-state index contributed by atoms with van der Waals surface area (Å²) in [5, 5.41) is 3.51. The summed E-state index contributed by atoms with van der Waals surface area (Å²) in [4.78, 5) is 8.49. The zero-order chi connectivity index (χ0) is 11.6. The van der Waals surface area contributed by atoms with Crippen LogP contribution < -0.4 is 5.32 Å². The van der Waals surface area contributed by atoms with Crippen LogP contribution in [-0.4, -0.2) is 16.0 Å². The van der Waals surface area contributed by atoms with Gasteiger partial charge in [-0.05, 0) is 44.1 Å². The lowest BCUT2D eigenvalue weighted by Gasteiger charge is -2.34. The van der Waals surface area contributed by atoms with E-state index in [4.69, 9.17) is 0 Å². The molecule has 16 heavy (non-hydrogen) atoms. The molecule has 1 aliphatic carbocycles. The monoisotopic (exact) mass is 219 g/mol. The van der Waals surface area contributed by atoms with Crippen LogP contribution >= 0.6 is 0 Å². The third-order valence-corrected chi connectivity index (χ3v) is 3.47. The quantitative estimate of drug-likeness (QED) is 0.830. The van der Waals surface area contributed by atoms with E-state index in [1.54, 1.807) is 0 Å². The van der Waals surface area contributed by atoms with E-state index in [0.29, 0.717) is 11.5 Å². The lowest BCUT2D eigenvalue weighted by atomic mass is 9.75. The highest BCUT2D eigenvalue weighted by molar-refractivity contribution is 5.34. The Morgan fingerprint density at radius 2 is 2.00 bits per heavy atom. The third-order valence-electron chi connectivity index (χ3n) is 3.47. The summed E-state index contributed by atoms with van der Waals surface area (Å²) in [7, 11) is 0. The number of nitrogens with zero attached hydrogens (tertiary/aromatic N) is 2. The van der Waals surface area contributed by atoms with Gasteiger partial charge in [-0.2, -0.15) is 0 Å². The molecule has 0 saturated heterocycles. The minimum absolute atomic E-state index is 0.528. The first-order valence-electron chi connectivity index (χ1n) is 6.11. The average molecular weight is 219 g/mol. The Kier molecular flexibility index (Phi) is 3.13. The van der Waals surface area contributed by atoms with Crippen LogP contribution in [0.4, 0.5) is 5.82 Å². The molecule has 1 heterocycles. The van der Waals surface area contributed by atoms with Crippen molar-refractivity contribution < 1.29 is 0 Å². The second kappa shape index (κ2) is 4.40. The fraction of sp³-hybridized carbons (Fsp3) is 0.692. The highest BCUT2D eigenvalue weighted by atomic mass is 15.0. The molecule has 1 aromatic rings. The van der Waals surface area contributed by atoms with Crippen molar-refractivity contribution in [2.24, 2.45) is 5.41 Å². The predicted molar refractivity (Wildman–Crippen MR) is 66.4 cm³/mol. The predicted octanol–water partition coefficient (Wildman–Crippen LogP) is 3.17. The second-order valence-electron chi connectivity index (χ2n) is 5.57. The number of hydrogen-bond acceptors (Lipinski definition) is 3. The van der Waals surface area contributed by atoms with Gasteiger partial charge < -0.3 is 5.32 Å². The topological polar surface area (TPSA) is 37.8 Å². The van der Waals surface area contributed by atoms with Gasteiger partial charge in [-0.1, -0.05) is 13.8 Å². The summed E-state index contributed by atoms with van der Waals surface area (Å²) < 4.78 is 0. The molecule has 0 spiro atoms. The van der Waals surface area contributed by atoms with Crippen LogP contribution in [0, 0.1) is 12.3 Å². The average Bonchev–Trinajstić information content (AvgIpc) is 2.21. The van der Waals surface area contributed by atoms with E-state index in [2.05, 4.69) is 29.1 Å². The summed E-state index contributed by atoms with van der Waals surface area (Å²) in [6.45, 7) is 6.64. The molecular formula is C13H21N3. The van der Waals surface area contributed by atoms with Gasteiger partial charge in [-0.25, -0.2) is 9.97 Å². The molecule has 1 aliphatic rings. The first kappa shape index (κ1) is 11.4. The van der Waals surface area contributed by atoms with Crippen molar-refractivity contribution in [2.45, 2.75) is 52.5 Å². The number of aromatic nitrogens is 2. The zero-order valence-electron chi connectivity index (χ0n) is 10.5. The van der Waals surface area contributed by atoms with Gasteiger partial charge in [0, 0.05) is 12.2 Å². The highest BCUT2D eigenvalue weighted by Gasteiger charge is 2.26. The van der Waals surface area contributed by atoms with E-state index in [0.717, 1.165) is 11.6 Å². The molecule has 0 aliphatic heterocycles. The SMILES string of the molecule is Cc1nccc(NC2CCC(C)(C)CC2)n1. The number of hydrogen-bond donors (Lipinski definition) is 1. The summed E-state index contributed by atoms with van der Waals surface area (Å²) in [5.74, 6) is 1.80. The molecule has 1 fully saturated rings. The molecule has 0 atom stereocenters. The van der Waals surface area contributed by atoms with Crippen molar-refractivity contribution >= 4 is 5.82 Å². The molecule has 2 rings (SSSR count). The summed E-state index contributed by atoms with van der Waals surface area (Å²) in [5.41, 5.74) is 0.528. The van der Waals surface area contributed by atoms with Crippen molar-refractivity contribution in [3.8, 4) is 0 Å². The number of rotatable bonds is 2. The minimum atomic E-state index is 0.528. The Hall–Kier alpha value is -1.12. The van der Waals surface area contributed by atoms with Crippen LogP contribution in [0.2, 0.25) is 0 Å². The molecule has 3 heteroatoms. The molecular weight excluding hydrogens is 198 g/mol. The summed E-state index contributed by atoms with van der Waals surface area (Å²) in [6, 6.07) is 2.54. The first-order chi connectivity index (χ1) is 7.55. The third kappa shape index (κ3) is 2.94.